The number of fused-ring (bicyclic) bond motifs is 1. The van der Waals surface area contributed by atoms with Crippen molar-refractivity contribution in [3.05, 3.63) is 63.7 Å². The first-order valence-corrected chi connectivity index (χ1v) is 16.0. The molecule has 2 unspecified atom stereocenters. The number of anilines is 1. The molecule has 7 nitrogen and oxygen atoms in total. The normalized spacial score (nSPS) is 19.5. The Bertz CT molecular complexity index is 1160. The van der Waals surface area contributed by atoms with Crippen LogP contribution in [0, 0.1) is 21.4 Å². The smallest absolute Gasteiger partial charge is 0.269 e. The Kier molecular flexibility index (Phi) is 13.3. The molecular formula is C35H54N4O3. The van der Waals surface area contributed by atoms with Crippen LogP contribution in [0.1, 0.15) is 104 Å². The Labute approximate surface area is 254 Å². The number of benzene rings is 2. The molecule has 0 amide bonds. The summed E-state index contributed by atoms with van der Waals surface area (Å²) < 4.78 is 1.42. The van der Waals surface area contributed by atoms with Gasteiger partial charge in [0.15, 0.2) is 0 Å². The van der Waals surface area contributed by atoms with Crippen molar-refractivity contribution in [2.75, 3.05) is 38.1 Å². The minimum Gasteiger partial charge on any atom is -0.872 e. The number of unbranched alkanes of at least 4 members (excludes halogenated alkanes) is 4. The summed E-state index contributed by atoms with van der Waals surface area (Å²) in [5, 5.41) is 33.3. The van der Waals surface area contributed by atoms with Crippen LogP contribution in [-0.2, 0) is 11.8 Å². The fourth-order valence-electron chi connectivity index (χ4n) is 6.42. The molecule has 0 fully saturated rings. The molecule has 0 N–H and O–H groups in total. The van der Waals surface area contributed by atoms with Crippen molar-refractivity contribution in [1.82, 2.24) is 0 Å². The van der Waals surface area contributed by atoms with Gasteiger partial charge in [0.1, 0.15) is 5.54 Å². The summed E-state index contributed by atoms with van der Waals surface area (Å²) >= 11 is 0. The molecule has 2 aromatic carbocycles. The topological polar surface area (TPSA) is 93.2 Å². The van der Waals surface area contributed by atoms with E-state index in [-0.39, 0.29) is 17.9 Å². The summed E-state index contributed by atoms with van der Waals surface area (Å²) in [4.78, 5) is 12.5. The van der Waals surface area contributed by atoms with Crippen LogP contribution < -0.4 is 10.0 Å². The number of nitriles is 1. The second-order valence-corrected chi connectivity index (χ2v) is 12.5. The van der Waals surface area contributed by atoms with Gasteiger partial charge in [-0.2, -0.15) is 5.26 Å². The molecule has 0 aromatic heterocycles. The number of nitrogens with zero attached hydrogens (tertiary/aromatic N) is 4. The third-order valence-electron chi connectivity index (χ3n) is 9.57. The number of rotatable bonds is 15. The monoisotopic (exact) mass is 578 g/mol. The predicted molar refractivity (Wildman–Crippen MR) is 172 cm³/mol. The van der Waals surface area contributed by atoms with Crippen LogP contribution in [0.15, 0.2) is 42.5 Å². The number of nitro benzene ring substituents is 1. The Balaban J connectivity index is 0.000000319. The molecule has 3 rings (SSSR count). The average molecular weight is 579 g/mol. The summed E-state index contributed by atoms with van der Waals surface area (Å²) in [5.41, 5.74) is 0.578. The highest BCUT2D eigenvalue weighted by Crippen LogP contribution is 2.52. The summed E-state index contributed by atoms with van der Waals surface area (Å²) in [6, 6.07) is 13.9. The zero-order chi connectivity index (χ0) is 31.4. The second-order valence-electron chi connectivity index (χ2n) is 12.5. The van der Waals surface area contributed by atoms with E-state index < -0.39 is 15.9 Å². The standard InChI is InChI=1S/C19H19N3O3.C16H36N/c1-18(11-13-10-14(22(24)25)8-9-17(13)23)15-6-4-5-7-16(15)21(3)19(18,2)12-20;1-5-9-13-17(14-10-6-2,15-11-7-3)16-12-8-4/h4-10,23H,11H2,1-3H3;5-16H2,1-4H3/q;+1/p-1. The predicted octanol–water partition coefficient (Wildman–Crippen LogP) is 7.90. The molecule has 0 radical (unpaired) electrons. The first-order valence-electron chi connectivity index (χ1n) is 16.0. The molecule has 0 aliphatic carbocycles. The molecule has 0 bridgehead atoms. The Morgan fingerprint density at radius 3 is 1.83 bits per heavy atom. The molecule has 232 valence electrons. The molecule has 0 saturated heterocycles. The van der Waals surface area contributed by atoms with Crippen LogP contribution in [-0.4, -0.2) is 48.2 Å². The Hall–Kier alpha value is -3.11. The van der Waals surface area contributed by atoms with Gasteiger partial charge in [0.05, 0.1) is 37.2 Å². The van der Waals surface area contributed by atoms with Crippen LogP contribution in [0.25, 0.3) is 0 Å². The minimum absolute atomic E-state index is 0.114. The van der Waals surface area contributed by atoms with Crippen molar-refractivity contribution >= 4 is 11.4 Å². The van der Waals surface area contributed by atoms with Crippen LogP contribution in [0.4, 0.5) is 11.4 Å². The van der Waals surface area contributed by atoms with Crippen LogP contribution >= 0.6 is 0 Å². The number of hydrogen-bond donors (Lipinski definition) is 0. The van der Waals surface area contributed by atoms with Gasteiger partial charge in [-0.25, -0.2) is 0 Å². The molecule has 0 saturated carbocycles. The van der Waals surface area contributed by atoms with E-state index in [1.807, 2.05) is 50.1 Å². The molecule has 2 aromatic rings. The van der Waals surface area contributed by atoms with Crippen molar-refractivity contribution < 1.29 is 14.5 Å². The third kappa shape index (κ3) is 7.83. The fourth-order valence-corrected chi connectivity index (χ4v) is 6.42. The lowest BCUT2D eigenvalue weighted by atomic mass is 9.67. The minimum atomic E-state index is -0.881. The number of quaternary nitrogens is 1. The highest BCUT2D eigenvalue weighted by molar-refractivity contribution is 5.69. The first kappa shape index (κ1) is 35.1. The molecule has 1 heterocycles. The van der Waals surface area contributed by atoms with E-state index in [0.717, 1.165) is 11.3 Å². The third-order valence-corrected chi connectivity index (χ3v) is 9.57. The summed E-state index contributed by atoms with van der Waals surface area (Å²) in [5.74, 6) is -0.251. The Morgan fingerprint density at radius 2 is 1.38 bits per heavy atom. The summed E-state index contributed by atoms with van der Waals surface area (Å²) in [7, 11) is 1.86. The molecule has 1 aliphatic rings. The molecule has 2 atom stereocenters. The van der Waals surface area contributed by atoms with Gasteiger partial charge in [-0.1, -0.05) is 84.6 Å². The summed E-state index contributed by atoms with van der Waals surface area (Å²) in [6.07, 6.45) is 11.3. The maximum absolute atomic E-state index is 12.3. The van der Waals surface area contributed by atoms with E-state index in [2.05, 4.69) is 33.8 Å². The molecule has 1 aliphatic heterocycles. The van der Waals surface area contributed by atoms with E-state index in [1.54, 1.807) is 0 Å². The van der Waals surface area contributed by atoms with Crippen LogP contribution in [0.5, 0.6) is 5.75 Å². The number of hydrogen-bond acceptors (Lipinski definition) is 5. The number of para-hydroxylation sites is 1. The molecule has 7 heteroatoms. The number of non-ortho nitro benzene ring substituents is 1. The van der Waals surface area contributed by atoms with Crippen LogP contribution in [0.3, 0.4) is 0 Å². The van der Waals surface area contributed by atoms with Crippen molar-refractivity contribution in [2.45, 2.75) is 110 Å². The zero-order valence-electron chi connectivity index (χ0n) is 27.2. The van der Waals surface area contributed by atoms with Crippen molar-refractivity contribution in [3.8, 4) is 11.8 Å². The van der Waals surface area contributed by atoms with Crippen LogP contribution in [0.2, 0.25) is 0 Å². The van der Waals surface area contributed by atoms with Gasteiger partial charge in [-0.15, -0.1) is 5.75 Å². The van der Waals surface area contributed by atoms with Crippen molar-refractivity contribution in [3.63, 3.8) is 0 Å². The van der Waals surface area contributed by atoms with E-state index in [0.29, 0.717) is 5.56 Å². The lowest BCUT2D eigenvalue weighted by Crippen LogP contribution is -2.53. The maximum Gasteiger partial charge on any atom is 0.269 e. The van der Waals surface area contributed by atoms with E-state index in [9.17, 15) is 20.5 Å². The number of nitro groups is 1. The highest BCUT2D eigenvalue weighted by Gasteiger charge is 2.55. The van der Waals surface area contributed by atoms with Crippen molar-refractivity contribution in [2.24, 2.45) is 0 Å². The largest absolute Gasteiger partial charge is 0.872 e. The number of likely N-dealkylation sites (N-methyl/N-ethyl adjacent to an activating group) is 1. The lowest BCUT2D eigenvalue weighted by Gasteiger charge is -2.41. The lowest BCUT2D eigenvalue weighted by molar-refractivity contribution is -0.929. The molecular weight excluding hydrogens is 524 g/mol. The molecule has 0 spiro atoms. The zero-order valence-corrected chi connectivity index (χ0v) is 27.2. The quantitative estimate of drug-likeness (QED) is 0.122. The van der Waals surface area contributed by atoms with Gasteiger partial charge >= 0.3 is 0 Å². The fraction of sp³-hybridized carbons (Fsp3) is 0.629. The Morgan fingerprint density at radius 1 is 0.881 bits per heavy atom. The highest BCUT2D eigenvalue weighted by atomic mass is 16.6. The van der Waals surface area contributed by atoms with E-state index >= 15 is 0 Å². The SMILES string of the molecule is CCCC[N+](CCCC)(CCCC)CCCC.CN1c2ccccc2C(C)(Cc2cc([N+](=O)[O-])ccc2[O-])C1(C)C#N. The van der Waals surface area contributed by atoms with Gasteiger partial charge < -0.3 is 14.5 Å². The second kappa shape index (κ2) is 15.9. The summed E-state index contributed by atoms with van der Waals surface area (Å²) in [6.45, 7) is 18.8. The van der Waals surface area contributed by atoms with Gasteiger partial charge in [-0.3, -0.25) is 10.1 Å². The first-order chi connectivity index (χ1) is 20.0. The average Bonchev–Trinajstić information content (AvgIpc) is 3.16. The van der Waals surface area contributed by atoms with Gasteiger partial charge in [0.2, 0.25) is 0 Å². The maximum atomic E-state index is 12.3. The van der Waals surface area contributed by atoms with E-state index in [1.165, 1.54) is 100 Å². The van der Waals surface area contributed by atoms with Crippen molar-refractivity contribution in [1.29, 1.82) is 5.26 Å². The molecule has 42 heavy (non-hydrogen) atoms. The van der Waals surface area contributed by atoms with Gasteiger partial charge in [0.25, 0.3) is 5.69 Å². The van der Waals surface area contributed by atoms with E-state index in [4.69, 9.17) is 0 Å². The van der Waals surface area contributed by atoms with Gasteiger partial charge in [0, 0.05) is 30.3 Å². The van der Waals surface area contributed by atoms with Gasteiger partial charge in [-0.05, 0) is 56.2 Å².